The summed E-state index contributed by atoms with van der Waals surface area (Å²) < 4.78 is 6.56. The lowest BCUT2D eigenvalue weighted by molar-refractivity contribution is 1.77. The maximum Gasteiger partial charge on any atom is 0.0856 e. The van der Waals surface area contributed by atoms with E-state index < -0.39 is 0 Å². The molecule has 1 heterocycles. The first-order chi connectivity index (χ1) is 2.50. The van der Waals surface area contributed by atoms with Gasteiger partial charge in [0.25, 0.3) is 0 Å². The molecule has 1 aliphatic heterocycles. The number of rotatable bonds is 0. The molecule has 5 heavy (non-hydrogen) atoms. The Balaban J connectivity index is 2.32. The quantitative estimate of drug-likeness (QED) is 0.463. The van der Waals surface area contributed by atoms with Crippen molar-refractivity contribution in [3.8, 4) is 0 Å². The van der Waals surface area contributed by atoms with E-state index >= 15 is 0 Å². The van der Waals surface area contributed by atoms with E-state index in [0.29, 0.717) is 0 Å². The van der Waals surface area contributed by atoms with Crippen LogP contribution in [0.15, 0.2) is 4.40 Å². The topological polar surface area (TPSA) is 24.4 Å². The zero-order chi connectivity index (χ0) is 3.54. The Kier molecular flexibility index (Phi) is 1.19. The average molecular weight is 106 g/mol. The monoisotopic (exact) mass is 106 g/mol. The predicted molar refractivity (Wildman–Crippen MR) is 26.8 cm³/mol. The Morgan fingerprint density at radius 2 is 2.80 bits per heavy atom. The van der Waals surface area contributed by atoms with Gasteiger partial charge in [-0.15, -0.1) is 0 Å². The summed E-state index contributed by atoms with van der Waals surface area (Å²) in [6.45, 7) is 0. The molecule has 0 aliphatic carbocycles. The first-order valence-corrected chi connectivity index (χ1v) is 2.74. The summed E-state index contributed by atoms with van der Waals surface area (Å²) in [6.07, 6.45) is 0. The van der Waals surface area contributed by atoms with E-state index in [1.165, 1.54) is 24.1 Å². The Morgan fingerprint density at radius 1 is 1.80 bits per heavy atom. The largest absolute Gasteiger partial charge is 0.199 e. The van der Waals surface area contributed by atoms with Crippen LogP contribution in [0, 0.1) is 0 Å². The zero-order valence-electron chi connectivity index (χ0n) is 2.34. The minimum absolute atomic E-state index is 1.36. The van der Waals surface area contributed by atoms with Crippen LogP contribution in [0.3, 0.4) is 0 Å². The van der Waals surface area contributed by atoms with Gasteiger partial charge in [-0.2, -0.15) is 8.53 Å². The molecule has 0 aromatic heterocycles. The third-order valence-corrected chi connectivity index (χ3v) is 1.47. The zero-order valence-corrected chi connectivity index (χ0v) is 3.97. The van der Waals surface area contributed by atoms with Gasteiger partial charge in [-0.3, -0.25) is 0 Å². The van der Waals surface area contributed by atoms with Gasteiger partial charge < -0.3 is 0 Å². The highest BCUT2D eigenvalue weighted by atomic mass is 32.2. The molecule has 0 fully saturated rings. The second-order valence-corrected chi connectivity index (χ2v) is 2.01. The van der Waals surface area contributed by atoms with Crippen LogP contribution in [0.4, 0.5) is 0 Å². The molecule has 2 nitrogen and oxygen atoms in total. The van der Waals surface area contributed by atoms with E-state index in [-0.39, 0.29) is 0 Å². The molecular weight excluding hydrogens is 104 g/mol. The maximum atomic E-state index is 3.73. The van der Waals surface area contributed by atoms with Gasteiger partial charge >= 0.3 is 0 Å². The van der Waals surface area contributed by atoms with Crippen LogP contribution in [-0.2, 0) is 0 Å². The normalized spacial score (nSPS) is 20.8. The van der Waals surface area contributed by atoms with Crippen LogP contribution in [-0.4, -0.2) is 5.55 Å². The van der Waals surface area contributed by atoms with Crippen molar-refractivity contribution in [3.05, 3.63) is 0 Å². The van der Waals surface area contributed by atoms with E-state index in [1.54, 1.807) is 5.55 Å². The van der Waals surface area contributed by atoms with E-state index in [0.717, 1.165) is 0 Å². The molecule has 0 aromatic rings. The first kappa shape index (κ1) is 3.52. The van der Waals surface area contributed by atoms with Gasteiger partial charge in [0.15, 0.2) is 0 Å². The van der Waals surface area contributed by atoms with Crippen molar-refractivity contribution in [3.63, 3.8) is 0 Å². The molecule has 4 heteroatoms. The predicted octanol–water partition coefficient (Wildman–Crippen LogP) is 0.829. The molecule has 1 aliphatic rings. The van der Waals surface area contributed by atoms with E-state index in [4.69, 9.17) is 0 Å². The Bertz CT molecular complexity index is 45.6. The highest BCUT2D eigenvalue weighted by Gasteiger charge is 1.85. The third-order valence-electron chi connectivity index (χ3n) is 0.234. The highest BCUT2D eigenvalue weighted by Crippen LogP contribution is 2.08. The highest BCUT2D eigenvalue weighted by molar-refractivity contribution is 8.22. The summed E-state index contributed by atoms with van der Waals surface area (Å²) in [7, 11) is 0. The lowest BCUT2D eigenvalue weighted by atomic mass is 11.7. The van der Waals surface area contributed by atoms with Crippen LogP contribution < -0.4 is 4.13 Å². The van der Waals surface area contributed by atoms with Crippen molar-refractivity contribution >= 4 is 29.6 Å². The SMILES string of the molecule is C1=NSNS1. The van der Waals surface area contributed by atoms with Crippen LogP contribution in [0.1, 0.15) is 0 Å². The second-order valence-electron chi connectivity index (χ2n) is 0.503. The molecule has 0 spiro atoms. The van der Waals surface area contributed by atoms with Gasteiger partial charge in [-0.05, 0) is 11.9 Å². The molecule has 0 saturated carbocycles. The fourth-order valence-electron chi connectivity index (χ4n) is 0.108. The summed E-state index contributed by atoms with van der Waals surface area (Å²) in [5, 5.41) is 0. The van der Waals surface area contributed by atoms with Gasteiger partial charge in [0.05, 0.1) is 17.7 Å². The molecule has 28 valence electrons. The van der Waals surface area contributed by atoms with Gasteiger partial charge in [-0.1, -0.05) is 0 Å². The van der Waals surface area contributed by atoms with Gasteiger partial charge in [0, 0.05) is 0 Å². The van der Waals surface area contributed by atoms with Crippen molar-refractivity contribution < 1.29 is 0 Å². The molecular formula is CH2N2S2. The van der Waals surface area contributed by atoms with Crippen LogP contribution in [0.5, 0.6) is 0 Å². The van der Waals surface area contributed by atoms with E-state index in [1.807, 2.05) is 0 Å². The van der Waals surface area contributed by atoms with Gasteiger partial charge in [0.1, 0.15) is 0 Å². The summed E-state index contributed by atoms with van der Waals surface area (Å²) >= 11 is 2.85. The maximum absolute atomic E-state index is 3.73. The fourth-order valence-corrected chi connectivity index (χ4v) is 0.968. The van der Waals surface area contributed by atoms with E-state index in [9.17, 15) is 0 Å². The van der Waals surface area contributed by atoms with Crippen molar-refractivity contribution in [2.45, 2.75) is 0 Å². The Hall–Kier alpha value is 0.330. The third kappa shape index (κ3) is 0.827. The summed E-state index contributed by atoms with van der Waals surface area (Å²) in [4.78, 5) is 0. The summed E-state index contributed by atoms with van der Waals surface area (Å²) in [6, 6.07) is 0. The van der Waals surface area contributed by atoms with Crippen molar-refractivity contribution in [2.75, 3.05) is 0 Å². The minimum Gasteiger partial charge on any atom is -0.199 e. The summed E-state index contributed by atoms with van der Waals surface area (Å²) in [5.41, 5.74) is 1.75. The molecule has 0 radical (unpaired) electrons. The molecule has 0 amide bonds. The molecule has 0 saturated heterocycles. The lowest BCUT2D eigenvalue weighted by Gasteiger charge is -1.71. The molecule has 0 aromatic carbocycles. The van der Waals surface area contributed by atoms with Crippen molar-refractivity contribution in [1.29, 1.82) is 0 Å². The van der Waals surface area contributed by atoms with E-state index in [2.05, 4.69) is 8.53 Å². The molecule has 0 bridgehead atoms. The van der Waals surface area contributed by atoms with Crippen LogP contribution in [0.25, 0.3) is 0 Å². The second kappa shape index (κ2) is 1.69. The minimum atomic E-state index is 1.36. The number of nitrogens with one attached hydrogen (secondary N) is 1. The van der Waals surface area contributed by atoms with Crippen LogP contribution in [0.2, 0.25) is 0 Å². The lowest BCUT2D eigenvalue weighted by Crippen LogP contribution is -1.74. The smallest absolute Gasteiger partial charge is 0.0856 e. The molecule has 0 unspecified atom stereocenters. The molecule has 1 rings (SSSR count). The Labute approximate surface area is 38.8 Å². The van der Waals surface area contributed by atoms with Gasteiger partial charge in [0.2, 0.25) is 0 Å². The Morgan fingerprint density at radius 3 is 3.00 bits per heavy atom. The van der Waals surface area contributed by atoms with Crippen molar-refractivity contribution in [1.82, 2.24) is 4.13 Å². The fraction of sp³-hybridized carbons (Fsp3) is 0. The standard InChI is InChI=1S/CH2N2S2/c1-2-5-3-4-1/h1,3H. The summed E-state index contributed by atoms with van der Waals surface area (Å²) in [5.74, 6) is 0. The number of hydrogen-bond donors (Lipinski definition) is 1. The molecule has 1 N–H and O–H groups in total. The van der Waals surface area contributed by atoms with Crippen LogP contribution >= 0.6 is 24.1 Å². The first-order valence-electron chi connectivity index (χ1n) is 1.08. The molecule has 0 atom stereocenters. The number of hydrogen-bond acceptors (Lipinski definition) is 4. The van der Waals surface area contributed by atoms with Crippen molar-refractivity contribution in [2.24, 2.45) is 4.40 Å². The number of nitrogens with zero attached hydrogens (tertiary/aromatic N) is 1. The average Bonchev–Trinajstić information content (AvgIpc) is 1.76. The van der Waals surface area contributed by atoms with Gasteiger partial charge in [-0.25, -0.2) is 0 Å².